The molecule has 0 spiro atoms. The summed E-state index contributed by atoms with van der Waals surface area (Å²) < 4.78 is 0.877. The van der Waals surface area contributed by atoms with E-state index in [2.05, 4.69) is 27.0 Å². The fourth-order valence-corrected chi connectivity index (χ4v) is 2.58. The number of halogens is 1. The Morgan fingerprint density at radius 2 is 2.00 bits per heavy atom. The van der Waals surface area contributed by atoms with Crippen molar-refractivity contribution in [3.05, 3.63) is 28.5 Å². The van der Waals surface area contributed by atoms with Crippen LogP contribution in [0.5, 0.6) is 0 Å². The van der Waals surface area contributed by atoms with E-state index in [1.54, 1.807) is 0 Å². The molecule has 0 aromatic carbocycles. The van der Waals surface area contributed by atoms with E-state index in [1.807, 2.05) is 12.3 Å². The molecule has 1 heterocycles. The van der Waals surface area contributed by atoms with Crippen molar-refractivity contribution in [2.75, 3.05) is 0 Å². The second kappa shape index (κ2) is 5.08. The van der Waals surface area contributed by atoms with Crippen LogP contribution >= 0.6 is 15.9 Å². The lowest BCUT2D eigenvalue weighted by Gasteiger charge is -2.27. The molecule has 0 radical (unpaired) electrons. The molecule has 1 saturated carbocycles. The highest BCUT2D eigenvalue weighted by Gasteiger charge is 2.21. The maximum absolute atomic E-state index is 6.26. The van der Waals surface area contributed by atoms with Crippen molar-refractivity contribution in [2.45, 2.75) is 38.1 Å². The van der Waals surface area contributed by atoms with Gasteiger partial charge in [0.2, 0.25) is 0 Å². The summed E-state index contributed by atoms with van der Waals surface area (Å²) in [5, 5.41) is 0. The van der Waals surface area contributed by atoms with E-state index in [1.165, 1.54) is 37.7 Å². The van der Waals surface area contributed by atoms with Crippen LogP contribution in [0.15, 0.2) is 22.9 Å². The molecule has 1 aliphatic rings. The third kappa shape index (κ3) is 2.79. The minimum Gasteiger partial charge on any atom is -0.324 e. The number of hydrogen-bond donors (Lipinski definition) is 1. The van der Waals surface area contributed by atoms with Gasteiger partial charge in [-0.3, -0.25) is 0 Å². The van der Waals surface area contributed by atoms with Gasteiger partial charge in [0, 0.05) is 12.2 Å². The lowest BCUT2D eigenvalue weighted by atomic mass is 9.82. The summed E-state index contributed by atoms with van der Waals surface area (Å²) >= 11 is 3.34. The van der Waals surface area contributed by atoms with Crippen LogP contribution in [0.1, 0.15) is 43.7 Å². The van der Waals surface area contributed by atoms with E-state index in [0.717, 1.165) is 4.60 Å². The highest BCUT2D eigenvalue weighted by Crippen LogP contribution is 2.32. The van der Waals surface area contributed by atoms with Crippen LogP contribution in [0.3, 0.4) is 0 Å². The molecule has 0 amide bonds. The molecular formula is C12H17BrN2. The topological polar surface area (TPSA) is 38.9 Å². The molecule has 3 heteroatoms. The van der Waals surface area contributed by atoms with E-state index >= 15 is 0 Å². The van der Waals surface area contributed by atoms with Crippen LogP contribution in [0.25, 0.3) is 0 Å². The Kier molecular flexibility index (Phi) is 3.76. The Balaban J connectivity index is 2.05. The molecule has 0 bridgehead atoms. The van der Waals surface area contributed by atoms with E-state index in [9.17, 15) is 0 Å². The molecule has 1 atom stereocenters. The molecule has 2 N–H and O–H groups in total. The molecule has 0 saturated heterocycles. The Morgan fingerprint density at radius 1 is 1.27 bits per heavy atom. The summed E-state index contributed by atoms with van der Waals surface area (Å²) in [6, 6.07) is 4.22. The minimum atomic E-state index is 0.172. The molecule has 1 aromatic rings. The smallest absolute Gasteiger partial charge is 0.106 e. The molecule has 1 aliphatic carbocycles. The van der Waals surface area contributed by atoms with E-state index in [4.69, 9.17) is 5.73 Å². The Labute approximate surface area is 99.4 Å². The van der Waals surface area contributed by atoms with E-state index in [0.29, 0.717) is 5.92 Å². The van der Waals surface area contributed by atoms with Gasteiger partial charge in [-0.05, 0) is 46.3 Å². The standard InChI is InChI=1S/C12H17BrN2/c13-11-7-6-10(8-15-11)12(14)9-4-2-1-3-5-9/h6-9,12H,1-5,14H2/t12-/m0/s1. The maximum Gasteiger partial charge on any atom is 0.106 e. The summed E-state index contributed by atoms with van der Waals surface area (Å²) in [5.74, 6) is 0.654. The average Bonchev–Trinajstić information content (AvgIpc) is 2.30. The van der Waals surface area contributed by atoms with Crippen LogP contribution in [0.2, 0.25) is 0 Å². The lowest BCUT2D eigenvalue weighted by Crippen LogP contribution is -2.23. The van der Waals surface area contributed by atoms with Gasteiger partial charge in [0.05, 0.1) is 0 Å². The molecule has 2 rings (SSSR count). The van der Waals surface area contributed by atoms with Crippen molar-refractivity contribution in [1.29, 1.82) is 0 Å². The first-order chi connectivity index (χ1) is 7.27. The first-order valence-corrected chi connectivity index (χ1v) is 6.43. The van der Waals surface area contributed by atoms with Gasteiger partial charge in [-0.25, -0.2) is 4.98 Å². The third-order valence-corrected chi connectivity index (χ3v) is 3.76. The number of rotatable bonds is 2. The zero-order chi connectivity index (χ0) is 10.7. The summed E-state index contributed by atoms with van der Waals surface area (Å²) in [6.07, 6.45) is 8.49. The Morgan fingerprint density at radius 3 is 2.60 bits per heavy atom. The molecule has 0 unspecified atom stereocenters. The van der Waals surface area contributed by atoms with E-state index in [-0.39, 0.29) is 6.04 Å². The highest BCUT2D eigenvalue weighted by atomic mass is 79.9. The Bertz CT molecular complexity index is 304. The molecule has 2 nitrogen and oxygen atoms in total. The van der Waals surface area contributed by atoms with Crippen molar-refractivity contribution in [1.82, 2.24) is 4.98 Å². The third-order valence-electron chi connectivity index (χ3n) is 3.29. The second-order valence-electron chi connectivity index (χ2n) is 4.34. The number of hydrogen-bond acceptors (Lipinski definition) is 2. The van der Waals surface area contributed by atoms with Gasteiger partial charge in [0.25, 0.3) is 0 Å². The molecule has 0 aliphatic heterocycles. The fraction of sp³-hybridized carbons (Fsp3) is 0.583. The molecule has 1 aromatic heterocycles. The number of nitrogens with zero attached hydrogens (tertiary/aromatic N) is 1. The SMILES string of the molecule is N[C@H](c1ccc(Br)nc1)C1CCCCC1. The average molecular weight is 269 g/mol. The highest BCUT2D eigenvalue weighted by molar-refractivity contribution is 9.10. The van der Waals surface area contributed by atoms with Gasteiger partial charge in [-0.15, -0.1) is 0 Å². The van der Waals surface area contributed by atoms with Crippen molar-refractivity contribution in [2.24, 2.45) is 11.7 Å². The normalized spacial score (nSPS) is 20.1. The number of nitrogens with two attached hydrogens (primary N) is 1. The predicted molar refractivity (Wildman–Crippen MR) is 65.4 cm³/mol. The molecule has 82 valence electrons. The van der Waals surface area contributed by atoms with Gasteiger partial charge in [0.1, 0.15) is 4.60 Å². The predicted octanol–water partition coefficient (Wildman–Crippen LogP) is 3.42. The molecule has 15 heavy (non-hydrogen) atoms. The molecule has 1 fully saturated rings. The van der Waals surface area contributed by atoms with Crippen LogP contribution in [0.4, 0.5) is 0 Å². The number of pyridine rings is 1. The van der Waals surface area contributed by atoms with Gasteiger partial charge in [0.15, 0.2) is 0 Å². The largest absolute Gasteiger partial charge is 0.324 e. The maximum atomic E-state index is 6.26. The quantitative estimate of drug-likeness (QED) is 0.835. The zero-order valence-corrected chi connectivity index (χ0v) is 10.4. The fourth-order valence-electron chi connectivity index (χ4n) is 2.35. The first kappa shape index (κ1) is 11.1. The van der Waals surface area contributed by atoms with Gasteiger partial charge >= 0.3 is 0 Å². The van der Waals surface area contributed by atoms with Crippen molar-refractivity contribution < 1.29 is 0 Å². The lowest BCUT2D eigenvalue weighted by molar-refractivity contribution is 0.308. The van der Waals surface area contributed by atoms with Crippen molar-refractivity contribution >= 4 is 15.9 Å². The van der Waals surface area contributed by atoms with Crippen LogP contribution in [-0.2, 0) is 0 Å². The van der Waals surface area contributed by atoms with Crippen LogP contribution in [-0.4, -0.2) is 4.98 Å². The summed E-state index contributed by atoms with van der Waals surface area (Å²) in [7, 11) is 0. The second-order valence-corrected chi connectivity index (χ2v) is 5.15. The summed E-state index contributed by atoms with van der Waals surface area (Å²) in [6.45, 7) is 0. The van der Waals surface area contributed by atoms with Crippen molar-refractivity contribution in [3.8, 4) is 0 Å². The van der Waals surface area contributed by atoms with Crippen LogP contribution < -0.4 is 5.73 Å². The summed E-state index contributed by atoms with van der Waals surface area (Å²) in [4.78, 5) is 4.23. The number of aromatic nitrogens is 1. The monoisotopic (exact) mass is 268 g/mol. The first-order valence-electron chi connectivity index (χ1n) is 5.64. The van der Waals surface area contributed by atoms with E-state index < -0.39 is 0 Å². The Hall–Kier alpha value is -0.410. The molecular weight excluding hydrogens is 252 g/mol. The zero-order valence-electron chi connectivity index (χ0n) is 8.82. The van der Waals surface area contributed by atoms with Gasteiger partial charge < -0.3 is 5.73 Å². The summed E-state index contributed by atoms with van der Waals surface area (Å²) in [5.41, 5.74) is 7.44. The van der Waals surface area contributed by atoms with Gasteiger partial charge in [-0.2, -0.15) is 0 Å². The minimum absolute atomic E-state index is 0.172. The van der Waals surface area contributed by atoms with Crippen molar-refractivity contribution in [3.63, 3.8) is 0 Å². The van der Waals surface area contributed by atoms with Gasteiger partial charge in [-0.1, -0.05) is 25.3 Å². The van der Waals surface area contributed by atoms with Crippen LogP contribution in [0, 0.1) is 5.92 Å².